The Morgan fingerprint density at radius 1 is 1.50 bits per heavy atom. The summed E-state index contributed by atoms with van der Waals surface area (Å²) in [5, 5.41) is 2.62. The van der Waals surface area contributed by atoms with E-state index in [0.29, 0.717) is 24.6 Å². The van der Waals surface area contributed by atoms with E-state index < -0.39 is 6.09 Å². The quantitative estimate of drug-likeness (QED) is 0.816. The van der Waals surface area contributed by atoms with Gasteiger partial charge in [-0.1, -0.05) is 12.1 Å². The van der Waals surface area contributed by atoms with Crippen LogP contribution in [-0.2, 0) is 11.3 Å². The van der Waals surface area contributed by atoms with Crippen molar-refractivity contribution >= 4 is 11.8 Å². The van der Waals surface area contributed by atoms with Gasteiger partial charge in [-0.05, 0) is 18.6 Å². The average molecular weight is 224 g/mol. The Balaban J connectivity index is 2.95. The van der Waals surface area contributed by atoms with Gasteiger partial charge in [0.2, 0.25) is 0 Å². The van der Waals surface area contributed by atoms with Gasteiger partial charge in [-0.25, -0.2) is 4.79 Å². The summed E-state index contributed by atoms with van der Waals surface area (Å²) in [7, 11) is 1.53. The molecule has 0 bridgehead atoms. The van der Waals surface area contributed by atoms with Crippen molar-refractivity contribution in [2.45, 2.75) is 13.5 Å². The SMILES string of the molecule is CCOC(=O)Nc1c(CN)cccc1OC. The molecule has 0 aliphatic rings. The smallest absolute Gasteiger partial charge is 0.411 e. The van der Waals surface area contributed by atoms with Crippen LogP contribution in [0.25, 0.3) is 0 Å². The molecule has 0 saturated heterocycles. The molecule has 0 aromatic heterocycles. The van der Waals surface area contributed by atoms with E-state index in [0.717, 1.165) is 5.56 Å². The molecule has 5 heteroatoms. The number of carbonyl (C=O) groups excluding carboxylic acids is 1. The zero-order valence-electron chi connectivity index (χ0n) is 9.45. The first-order valence-electron chi connectivity index (χ1n) is 5.02. The fourth-order valence-electron chi connectivity index (χ4n) is 1.33. The van der Waals surface area contributed by atoms with Crippen LogP contribution in [0.5, 0.6) is 5.75 Å². The average Bonchev–Trinajstić information content (AvgIpc) is 2.29. The van der Waals surface area contributed by atoms with E-state index in [4.69, 9.17) is 15.2 Å². The van der Waals surface area contributed by atoms with Crippen LogP contribution < -0.4 is 15.8 Å². The number of hydrogen-bond donors (Lipinski definition) is 2. The molecule has 0 atom stereocenters. The highest BCUT2D eigenvalue weighted by molar-refractivity contribution is 5.88. The normalized spacial score (nSPS) is 9.69. The highest BCUT2D eigenvalue weighted by atomic mass is 16.5. The van der Waals surface area contributed by atoms with Crippen LogP contribution in [0.3, 0.4) is 0 Å². The van der Waals surface area contributed by atoms with Crippen molar-refractivity contribution in [1.82, 2.24) is 0 Å². The third-order valence-corrected chi connectivity index (χ3v) is 2.05. The van der Waals surface area contributed by atoms with E-state index in [2.05, 4.69) is 5.32 Å². The van der Waals surface area contributed by atoms with Crippen molar-refractivity contribution in [3.8, 4) is 5.75 Å². The number of hydrogen-bond acceptors (Lipinski definition) is 4. The number of anilines is 1. The van der Waals surface area contributed by atoms with Crippen LogP contribution in [0.4, 0.5) is 10.5 Å². The molecule has 88 valence electrons. The number of amides is 1. The first-order chi connectivity index (χ1) is 7.72. The molecule has 3 N–H and O–H groups in total. The molecule has 0 spiro atoms. The molecular weight excluding hydrogens is 208 g/mol. The topological polar surface area (TPSA) is 73.6 Å². The summed E-state index contributed by atoms with van der Waals surface area (Å²) < 4.78 is 9.94. The maximum atomic E-state index is 11.3. The Bertz CT molecular complexity index is 344. The fraction of sp³-hybridized carbons (Fsp3) is 0.364. The van der Waals surface area contributed by atoms with Crippen LogP contribution in [0.15, 0.2) is 18.2 Å². The summed E-state index contributed by atoms with van der Waals surface area (Å²) in [6.45, 7) is 2.38. The summed E-state index contributed by atoms with van der Waals surface area (Å²) in [6, 6.07) is 5.39. The second-order valence-electron chi connectivity index (χ2n) is 3.04. The summed E-state index contributed by atoms with van der Waals surface area (Å²) in [5.74, 6) is 0.566. The van der Waals surface area contributed by atoms with Gasteiger partial charge in [0.25, 0.3) is 0 Å². The number of nitrogens with one attached hydrogen (secondary N) is 1. The third-order valence-electron chi connectivity index (χ3n) is 2.05. The molecule has 0 heterocycles. The molecule has 0 aliphatic heterocycles. The highest BCUT2D eigenvalue weighted by Gasteiger charge is 2.11. The minimum atomic E-state index is -0.512. The molecule has 1 rings (SSSR count). The van der Waals surface area contributed by atoms with Crippen molar-refractivity contribution in [2.75, 3.05) is 19.0 Å². The van der Waals surface area contributed by atoms with Gasteiger partial charge in [0.15, 0.2) is 0 Å². The molecular formula is C11H16N2O3. The molecule has 0 unspecified atom stereocenters. The first kappa shape index (κ1) is 12.3. The Morgan fingerprint density at radius 2 is 2.25 bits per heavy atom. The zero-order chi connectivity index (χ0) is 12.0. The lowest BCUT2D eigenvalue weighted by molar-refractivity contribution is 0.168. The Kier molecular flexibility index (Phi) is 4.60. The largest absolute Gasteiger partial charge is 0.495 e. The van der Waals surface area contributed by atoms with Gasteiger partial charge in [0.05, 0.1) is 19.4 Å². The van der Waals surface area contributed by atoms with Crippen molar-refractivity contribution in [3.05, 3.63) is 23.8 Å². The molecule has 1 amide bonds. The Morgan fingerprint density at radius 3 is 2.81 bits per heavy atom. The first-order valence-corrected chi connectivity index (χ1v) is 5.02. The molecule has 0 fully saturated rings. The summed E-state index contributed by atoms with van der Waals surface area (Å²) in [5.41, 5.74) is 6.94. The number of para-hydroxylation sites is 1. The van der Waals surface area contributed by atoms with Crippen LogP contribution in [0.1, 0.15) is 12.5 Å². The van der Waals surface area contributed by atoms with Crippen molar-refractivity contribution < 1.29 is 14.3 Å². The minimum Gasteiger partial charge on any atom is -0.495 e. The van der Waals surface area contributed by atoms with Gasteiger partial charge in [-0.15, -0.1) is 0 Å². The van der Waals surface area contributed by atoms with Crippen LogP contribution in [0, 0.1) is 0 Å². The maximum Gasteiger partial charge on any atom is 0.411 e. The fourth-order valence-corrected chi connectivity index (χ4v) is 1.33. The van der Waals surface area contributed by atoms with E-state index in [-0.39, 0.29) is 0 Å². The standard InChI is InChI=1S/C11H16N2O3/c1-3-16-11(14)13-10-8(7-12)5-4-6-9(10)15-2/h4-6H,3,7,12H2,1-2H3,(H,13,14). The summed E-state index contributed by atoms with van der Waals surface area (Å²) in [4.78, 5) is 11.3. The summed E-state index contributed by atoms with van der Waals surface area (Å²) in [6.07, 6.45) is -0.512. The predicted octanol–water partition coefficient (Wildman–Crippen LogP) is 1.72. The number of methoxy groups -OCH3 is 1. The number of nitrogens with two attached hydrogens (primary N) is 1. The van der Waals surface area contributed by atoms with Crippen molar-refractivity contribution in [1.29, 1.82) is 0 Å². The summed E-state index contributed by atoms with van der Waals surface area (Å²) >= 11 is 0. The van der Waals surface area contributed by atoms with Gasteiger partial charge >= 0.3 is 6.09 Å². The van der Waals surface area contributed by atoms with Crippen molar-refractivity contribution in [2.24, 2.45) is 5.73 Å². The monoisotopic (exact) mass is 224 g/mol. The number of carbonyl (C=O) groups is 1. The highest BCUT2D eigenvalue weighted by Crippen LogP contribution is 2.28. The van der Waals surface area contributed by atoms with Gasteiger partial charge in [0, 0.05) is 6.54 Å². The molecule has 0 aliphatic carbocycles. The van der Waals surface area contributed by atoms with Crippen LogP contribution >= 0.6 is 0 Å². The number of ether oxygens (including phenoxy) is 2. The lowest BCUT2D eigenvalue weighted by Crippen LogP contribution is -2.16. The molecule has 16 heavy (non-hydrogen) atoms. The van der Waals surface area contributed by atoms with Gasteiger partial charge in [0.1, 0.15) is 5.75 Å². The molecule has 0 radical (unpaired) electrons. The second-order valence-corrected chi connectivity index (χ2v) is 3.04. The van der Waals surface area contributed by atoms with Crippen LogP contribution in [0.2, 0.25) is 0 Å². The van der Waals surface area contributed by atoms with E-state index in [9.17, 15) is 4.79 Å². The van der Waals surface area contributed by atoms with Crippen LogP contribution in [-0.4, -0.2) is 19.8 Å². The van der Waals surface area contributed by atoms with Gasteiger partial charge in [-0.3, -0.25) is 5.32 Å². The molecule has 5 nitrogen and oxygen atoms in total. The van der Waals surface area contributed by atoms with E-state index in [1.165, 1.54) is 7.11 Å². The van der Waals surface area contributed by atoms with Crippen molar-refractivity contribution in [3.63, 3.8) is 0 Å². The lowest BCUT2D eigenvalue weighted by Gasteiger charge is -2.13. The zero-order valence-corrected chi connectivity index (χ0v) is 9.45. The van der Waals surface area contributed by atoms with Gasteiger partial charge < -0.3 is 15.2 Å². The van der Waals surface area contributed by atoms with E-state index >= 15 is 0 Å². The maximum absolute atomic E-state index is 11.3. The predicted molar refractivity (Wildman–Crippen MR) is 61.5 cm³/mol. The third kappa shape index (κ3) is 2.87. The minimum absolute atomic E-state index is 0.318. The number of benzene rings is 1. The Labute approximate surface area is 94.5 Å². The molecule has 1 aromatic rings. The molecule has 0 saturated carbocycles. The number of rotatable bonds is 4. The lowest BCUT2D eigenvalue weighted by atomic mass is 10.1. The second kappa shape index (κ2) is 5.97. The van der Waals surface area contributed by atoms with E-state index in [1.54, 1.807) is 13.0 Å². The van der Waals surface area contributed by atoms with E-state index in [1.807, 2.05) is 12.1 Å². The molecule has 1 aromatic carbocycles. The Hall–Kier alpha value is -1.75. The van der Waals surface area contributed by atoms with Gasteiger partial charge in [-0.2, -0.15) is 0 Å².